The third-order valence-electron chi connectivity index (χ3n) is 5.53. The lowest BCUT2D eigenvalue weighted by molar-refractivity contribution is -0.136. The molecule has 25 heavy (non-hydrogen) atoms. The first-order valence-electron chi connectivity index (χ1n) is 8.71. The van der Waals surface area contributed by atoms with Crippen LogP contribution in [-0.4, -0.2) is 34.7 Å². The van der Waals surface area contributed by atoms with Crippen molar-refractivity contribution in [3.05, 3.63) is 35.1 Å². The standard InChI is InChI=1S/C18H23F3N2OS/c19-14-9-16(21)15(20)7-10(14)8-17(22)11-5-12-1-2-13(6-11)23(12)18(24)3-4-25/h7,9,11-13,17,25H,1-6,8,22H2/t11-,12-,13+,17-/m1/s1. The van der Waals surface area contributed by atoms with E-state index in [1.807, 2.05) is 4.90 Å². The van der Waals surface area contributed by atoms with E-state index >= 15 is 0 Å². The van der Waals surface area contributed by atoms with Gasteiger partial charge < -0.3 is 10.6 Å². The maximum Gasteiger partial charge on any atom is 0.223 e. The monoisotopic (exact) mass is 372 g/mol. The van der Waals surface area contributed by atoms with Crippen LogP contribution in [0.25, 0.3) is 0 Å². The Hall–Kier alpha value is -1.21. The van der Waals surface area contributed by atoms with Gasteiger partial charge in [-0.05, 0) is 55.4 Å². The maximum atomic E-state index is 13.9. The summed E-state index contributed by atoms with van der Waals surface area (Å²) in [6.45, 7) is 0. The molecular formula is C18H23F3N2OS. The fourth-order valence-corrected chi connectivity index (χ4v) is 4.53. The SMILES string of the molecule is N[C@H](Cc1cc(F)c(F)cc1F)[C@@H]1C[C@H]2CC[C@@H](C1)N2C(=O)CCS. The zero-order valence-electron chi connectivity index (χ0n) is 13.9. The van der Waals surface area contributed by atoms with Gasteiger partial charge in [-0.1, -0.05) is 0 Å². The fourth-order valence-electron chi connectivity index (χ4n) is 4.34. The molecule has 2 saturated heterocycles. The average molecular weight is 372 g/mol. The molecule has 0 aliphatic carbocycles. The largest absolute Gasteiger partial charge is 0.337 e. The van der Waals surface area contributed by atoms with Gasteiger partial charge in [-0.15, -0.1) is 0 Å². The number of hydrogen-bond acceptors (Lipinski definition) is 3. The number of rotatable bonds is 5. The average Bonchev–Trinajstić information content (AvgIpc) is 2.83. The lowest BCUT2D eigenvalue weighted by Crippen LogP contribution is -2.50. The van der Waals surface area contributed by atoms with Gasteiger partial charge >= 0.3 is 0 Å². The van der Waals surface area contributed by atoms with Gasteiger partial charge in [-0.25, -0.2) is 13.2 Å². The number of piperidine rings is 1. The summed E-state index contributed by atoms with van der Waals surface area (Å²) in [6.07, 6.45) is 4.09. The number of fused-ring (bicyclic) bond motifs is 2. The van der Waals surface area contributed by atoms with Gasteiger partial charge in [-0.2, -0.15) is 12.6 Å². The van der Waals surface area contributed by atoms with Crippen molar-refractivity contribution < 1.29 is 18.0 Å². The van der Waals surface area contributed by atoms with Crippen molar-refractivity contribution in [3.8, 4) is 0 Å². The number of thiol groups is 1. The highest BCUT2D eigenvalue weighted by molar-refractivity contribution is 7.80. The molecule has 1 amide bonds. The highest BCUT2D eigenvalue weighted by Crippen LogP contribution is 2.40. The van der Waals surface area contributed by atoms with E-state index in [4.69, 9.17) is 5.73 Å². The van der Waals surface area contributed by atoms with Gasteiger partial charge in [-0.3, -0.25) is 4.79 Å². The zero-order valence-corrected chi connectivity index (χ0v) is 14.8. The van der Waals surface area contributed by atoms with E-state index < -0.39 is 17.5 Å². The van der Waals surface area contributed by atoms with Crippen molar-refractivity contribution >= 4 is 18.5 Å². The Labute approximate surface area is 151 Å². The van der Waals surface area contributed by atoms with E-state index in [9.17, 15) is 18.0 Å². The summed E-state index contributed by atoms with van der Waals surface area (Å²) >= 11 is 4.13. The molecule has 0 radical (unpaired) electrons. The number of benzene rings is 1. The number of nitrogens with zero attached hydrogens (tertiary/aromatic N) is 1. The number of halogens is 3. The van der Waals surface area contributed by atoms with E-state index in [1.54, 1.807) is 0 Å². The minimum atomic E-state index is -1.19. The summed E-state index contributed by atoms with van der Waals surface area (Å²) in [6, 6.07) is 1.48. The summed E-state index contributed by atoms with van der Waals surface area (Å²) in [5.74, 6) is -2.20. The number of amides is 1. The van der Waals surface area contributed by atoms with Gasteiger partial charge in [0.05, 0.1) is 0 Å². The second-order valence-electron chi connectivity index (χ2n) is 7.12. The number of carbonyl (C=O) groups excluding carboxylic acids is 1. The molecule has 2 fully saturated rings. The topological polar surface area (TPSA) is 46.3 Å². The van der Waals surface area contributed by atoms with Crippen molar-refractivity contribution in [3.63, 3.8) is 0 Å². The molecule has 3 nitrogen and oxygen atoms in total. The number of nitrogens with two attached hydrogens (primary N) is 1. The molecule has 0 spiro atoms. The summed E-state index contributed by atoms with van der Waals surface area (Å²) < 4.78 is 40.3. The van der Waals surface area contributed by atoms with Crippen LogP contribution in [0.3, 0.4) is 0 Å². The molecule has 2 heterocycles. The fraction of sp³-hybridized carbons (Fsp3) is 0.611. The molecule has 4 atom stereocenters. The van der Waals surface area contributed by atoms with Crippen LogP contribution in [0.1, 0.15) is 37.7 Å². The van der Waals surface area contributed by atoms with Crippen LogP contribution in [-0.2, 0) is 11.2 Å². The van der Waals surface area contributed by atoms with Crippen molar-refractivity contribution in [2.45, 2.75) is 56.7 Å². The molecular weight excluding hydrogens is 349 g/mol. The highest BCUT2D eigenvalue weighted by Gasteiger charge is 2.44. The van der Waals surface area contributed by atoms with Crippen molar-refractivity contribution in [1.82, 2.24) is 4.90 Å². The zero-order chi connectivity index (χ0) is 18.1. The van der Waals surface area contributed by atoms with E-state index in [0.717, 1.165) is 31.7 Å². The second kappa shape index (κ2) is 7.58. The first-order valence-corrected chi connectivity index (χ1v) is 9.35. The smallest absolute Gasteiger partial charge is 0.223 e. The predicted molar refractivity (Wildman–Crippen MR) is 92.8 cm³/mol. The van der Waals surface area contributed by atoms with Crippen LogP contribution < -0.4 is 5.73 Å². The summed E-state index contributed by atoms with van der Waals surface area (Å²) in [5.41, 5.74) is 6.38. The van der Waals surface area contributed by atoms with Crippen LogP contribution in [0.5, 0.6) is 0 Å². The number of carbonyl (C=O) groups is 1. The van der Waals surface area contributed by atoms with E-state index in [0.29, 0.717) is 18.2 Å². The van der Waals surface area contributed by atoms with E-state index in [1.165, 1.54) is 0 Å². The lowest BCUT2D eigenvalue weighted by Gasteiger charge is -2.41. The molecule has 3 rings (SSSR count). The van der Waals surface area contributed by atoms with Gasteiger partial charge in [0.25, 0.3) is 0 Å². The van der Waals surface area contributed by atoms with Crippen molar-refractivity contribution in [2.75, 3.05) is 5.75 Å². The first kappa shape index (κ1) is 18.6. The minimum Gasteiger partial charge on any atom is -0.337 e. The van der Waals surface area contributed by atoms with Crippen molar-refractivity contribution in [2.24, 2.45) is 11.7 Å². The first-order chi connectivity index (χ1) is 11.9. The molecule has 138 valence electrons. The maximum absolute atomic E-state index is 13.9. The Morgan fingerprint density at radius 3 is 2.36 bits per heavy atom. The molecule has 0 saturated carbocycles. The summed E-state index contributed by atoms with van der Waals surface area (Å²) in [4.78, 5) is 14.2. The molecule has 0 unspecified atom stereocenters. The Bertz CT molecular complexity index is 643. The molecule has 2 aliphatic heterocycles. The van der Waals surface area contributed by atoms with Crippen molar-refractivity contribution in [1.29, 1.82) is 0 Å². The van der Waals surface area contributed by atoms with Crippen LogP contribution in [0, 0.1) is 23.4 Å². The van der Waals surface area contributed by atoms with E-state index in [-0.39, 0.29) is 41.9 Å². The van der Waals surface area contributed by atoms with Crippen LogP contribution in [0.15, 0.2) is 12.1 Å². The van der Waals surface area contributed by atoms with Crippen LogP contribution >= 0.6 is 12.6 Å². The Morgan fingerprint density at radius 1 is 1.16 bits per heavy atom. The van der Waals surface area contributed by atoms with Gasteiger partial charge in [0.1, 0.15) is 5.82 Å². The Balaban J connectivity index is 1.66. The van der Waals surface area contributed by atoms with Gasteiger partial charge in [0.15, 0.2) is 11.6 Å². The summed E-state index contributed by atoms with van der Waals surface area (Å²) in [5, 5.41) is 0. The molecule has 2 N–H and O–H groups in total. The third-order valence-corrected chi connectivity index (χ3v) is 5.76. The lowest BCUT2D eigenvalue weighted by atomic mass is 9.82. The van der Waals surface area contributed by atoms with Gasteiger partial charge in [0.2, 0.25) is 5.91 Å². The highest BCUT2D eigenvalue weighted by atomic mass is 32.1. The summed E-state index contributed by atoms with van der Waals surface area (Å²) in [7, 11) is 0. The molecule has 1 aromatic carbocycles. The molecule has 2 bridgehead atoms. The predicted octanol–water partition coefficient (Wildman–Crippen LogP) is 3.06. The minimum absolute atomic E-state index is 0.104. The Morgan fingerprint density at radius 2 is 1.76 bits per heavy atom. The third kappa shape index (κ3) is 3.82. The van der Waals surface area contributed by atoms with Gasteiger partial charge in [0, 0.05) is 30.6 Å². The normalized spacial score (nSPS) is 26.8. The molecule has 1 aromatic rings. The molecule has 7 heteroatoms. The second-order valence-corrected chi connectivity index (χ2v) is 7.56. The number of hydrogen-bond donors (Lipinski definition) is 2. The molecule has 2 aliphatic rings. The van der Waals surface area contributed by atoms with E-state index in [2.05, 4.69) is 12.6 Å². The quantitative estimate of drug-likeness (QED) is 0.616. The molecule has 0 aromatic heterocycles. The van der Waals surface area contributed by atoms with Crippen LogP contribution in [0.4, 0.5) is 13.2 Å². The Kier molecular flexibility index (Phi) is 5.63. The van der Waals surface area contributed by atoms with Crippen LogP contribution in [0.2, 0.25) is 0 Å².